The minimum absolute atomic E-state index is 0.0346. The molecule has 0 radical (unpaired) electrons. The largest absolute Gasteiger partial charge is 0.338 e. The van der Waals surface area contributed by atoms with Crippen LogP contribution in [0.2, 0.25) is 0 Å². The molecule has 5 heteroatoms. The van der Waals surface area contributed by atoms with Crippen molar-refractivity contribution in [2.45, 2.75) is 46.1 Å². The molecule has 1 aliphatic rings. The van der Waals surface area contributed by atoms with Crippen LogP contribution >= 0.6 is 0 Å². The van der Waals surface area contributed by atoms with Gasteiger partial charge >= 0.3 is 0 Å². The second-order valence-corrected chi connectivity index (χ2v) is 6.89. The average molecular weight is 341 g/mol. The van der Waals surface area contributed by atoms with E-state index in [1.165, 1.54) is 5.56 Å². The average Bonchev–Trinajstić information content (AvgIpc) is 2.97. The lowest BCUT2D eigenvalue weighted by Crippen LogP contribution is -2.34. The summed E-state index contributed by atoms with van der Waals surface area (Å²) in [5.41, 5.74) is 3.20. The lowest BCUT2D eigenvalue weighted by molar-refractivity contribution is -0.117. The molecule has 1 fully saturated rings. The molecule has 2 aromatic rings. The standard InChI is InChI=1S/C20H27N3O2/c1-3-18-15(2)22-25-20(18)21-19(24)13-16-9-11-23(12-10-16)14-17-7-5-4-6-8-17/h4-8,16H,3,9-14H2,1-2H3,(H,21,24). The lowest BCUT2D eigenvalue weighted by Gasteiger charge is -2.31. The molecule has 1 amide bonds. The van der Waals surface area contributed by atoms with E-state index < -0.39 is 0 Å². The molecule has 5 nitrogen and oxygen atoms in total. The molecular formula is C20H27N3O2. The first kappa shape index (κ1) is 17.7. The maximum Gasteiger partial charge on any atom is 0.234 e. The molecule has 1 aromatic heterocycles. The van der Waals surface area contributed by atoms with Gasteiger partial charge in [-0.2, -0.15) is 0 Å². The number of amides is 1. The number of piperidine rings is 1. The molecule has 134 valence electrons. The number of hydrogen-bond donors (Lipinski definition) is 1. The summed E-state index contributed by atoms with van der Waals surface area (Å²) in [5.74, 6) is 1.000. The number of aryl methyl sites for hydroxylation is 1. The molecule has 0 aliphatic carbocycles. The van der Waals surface area contributed by atoms with E-state index in [4.69, 9.17) is 4.52 Å². The Kier molecular flexibility index (Phi) is 5.87. The molecule has 3 rings (SSSR count). The van der Waals surface area contributed by atoms with Crippen LogP contribution in [-0.4, -0.2) is 29.1 Å². The number of nitrogens with one attached hydrogen (secondary N) is 1. The molecule has 0 atom stereocenters. The van der Waals surface area contributed by atoms with Crippen molar-refractivity contribution in [1.82, 2.24) is 10.1 Å². The van der Waals surface area contributed by atoms with Gasteiger partial charge in [-0.05, 0) is 50.8 Å². The number of likely N-dealkylation sites (tertiary alicyclic amines) is 1. The summed E-state index contributed by atoms with van der Waals surface area (Å²) in [4.78, 5) is 14.8. The normalized spacial score (nSPS) is 16.1. The van der Waals surface area contributed by atoms with Crippen molar-refractivity contribution < 1.29 is 9.32 Å². The van der Waals surface area contributed by atoms with Crippen LogP contribution in [0.3, 0.4) is 0 Å². The van der Waals surface area contributed by atoms with Crippen molar-refractivity contribution in [2.75, 3.05) is 18.4 Å². The maximum atomic E-state index is 12.3. The molecule has 0 bridgehead atoms. The first-order valence-electron chi connectivity index (χ1n) is 9.17. The van der Waals surface area contributed by atoms with Gasteiger partial charge in [-0.15, -0.1) is 0 Å². The zero-order chi connectivity index (χ0) is 17.6. The highest BCUT2D eigenvalue weighted by molar-refractivity contribution is 5.90. The van der Waals surface area contributed by atoms with Crippen LogP contribution in [0.25, 0.3) is 0 Å². The highest BCUT2D eigenvalue weighted by Gasteiger charge is 2.22. The molecule has 1 aliphatic heterocycles. The van der Waals surface area contributed by atoms with Crippen LogP contribution in [0, 0.1) is 12.8 Å². The van der Waals surface area contributed by atoms with Gasteiger partial charge in [-0.3, -0.25) is 15.0 Å². The lowest BCUT2D eigenvalue weighted by atomic mass is 9.93. The summed E-state index contributed by atoms with van der Waals surface area (Å²) < 4.78 is 5.24. The molecule has 2 heterocycles. The van der Waals surface area contributed by atoms with Crippen molar-refractivity contribution in [3.8, 4) is 0 Å². The van der Waals surface area contributed by atoms with Crippen LogP contribution < -0.4 is 5.32 Å². The Balaban J connectivity index is 1.44. The number of rotatable bonds is 6. The fourth-order valence-corrected chi connectivity index (χ4v) is 3.53. The van der Waals surface area contributed by atoms with Gasteiger partial charge in [0.15, 0.2) is 0 Å². The van der Waals surface area contributed by atoms with Crippen LogP contribution in [-0.2, 0) is 17.8 Å². The SMILES string of the molecule is CCc1c(C)noc1NC(=O)CC1CCN(Cc2ccccc2)CC1. The quantitative estimate of drug-likeness (QED) is 0.868. The molecule has 0 spiro atoms. The van der Waals surface area contributed by atoms with Gasteiger partial charge in [0, 0.05) is 18.5 Å². The predicted molar refractivity (Wildman–Crippen MR) is 98.3 cm³/mol. The van der Waals surface area contributed by atoms with Crippen LogP contribution in [0.5, 0.6) is 0 Å². The van der Waals surface area contributed by atoms with Crippen molar-refractivity contribution >= 4 is 11.8 Å². The van der Waals surface area contributed by atoms with Gasteiger partial charge in [-0.1, -0.05) is 42.4 Å². The van der Waals surface area contributed by atoms with E-state index in [9.17, 15) is 4.79 Å². The minimum atomic E-state index is 0.0346. The molecule has 0 saturated carbocycles. The summed E-state index contributed by atoms with van der Waals surface area (Å²) in [7, 11) is 0. The highest BCUT2D eigenvalue weighted by atomic mass is 16.5. The van der Waals surface area contributed by atoms with Crippen molar-refractivity contribution in [1.29, 1.82) is 0 Å². The third kappa shape index (κ3) is 4.69. The van der Waals surface area contributed by atoms with Crippen molar-refractivity contribution in [3.05, 3.63) is 47.2 Å². The van der Waals surface area contributed by atoms with E-state index in [0.717, 1.165) is 50.2 Å². The smallest absolute Gasteiger partial charge is 0.234 e. The van der Waals surface area contributed by atoms with Gasteiger partial charge in [0.25, 0.3) is 0 Å². The third-order valence-corrected chi connectivity index (χ3v) is 5.02. The topological polar surface area (TPSA) is 58.4 Å². The van der Waals surface area contributed by atoms with Gasteiger partial charge in [-0.25, -0.2) is 0 Å². The fraction of sp³-hybridized carbons (Fsp3) is 0.500. The van der Waals surface area contributed by atoms with Crippen LogP contribution in [0.4, 0.5) is 5.88 Å². The fourth-order valence-electron chi connectivity index (χ4n) is 3.53. The second-order valence-electron chi connectivity index (χ2n) is 6.89. The molecule has 0 unspecified atom stereocenters. The summed E-state index contributed by atoms with van der Waals surface area (Å²) in [6.45, 7) is 7.04. The number of anilines is 1. The van der Waals surface area contributed by atoms with Crippen molar-refractivity contribution in [2.24, 2.45) is 5.92 Å². The molecule has 25 heavy (non-hydrogen) atoms. The number of nitrogens with zero attached hydrogens (tertiary/aromatic N) is 2. The molecular weight excluding hydrogens is 314 g/mol. The summed E-state index contributed by atoms with van der Waals surface area (Å²) in [5, 5.41) is 6.84. The Bertz CT molecular complexity index is 688. The van der Waals surface area contributed by atoms with E-state index in [0.29, 0.717) is 18.2 Å². The number of carbonyl (C=O) groups is 1. The van der Waals surface area contributed by atoms with Gasteiger partial charge in [0.2, 0.25) is 11.8 Å². The Morgan fingerprint density at radius 3 is 2.68 bits per heavy atom. The Morgan fingerprint density at radius 2 is 2.00 bits per heavy atom. The first-order chi connectivity index (χ1) is 12.2. The summed E-state index contributed by atoms with van der Waals surface area (Å²) in [6, 6.07) is 10.6. The molecule has 1 aromatic carbocycles. The first-order valence-corrected chi connectivity index (χ1v) is 9.17. The monoisotopic (exact) mass is 341 g/mol. The van der Waals surface area contributed by atoms with E-state index in [1.807, 2.05) is 19.9 Å². The Hall–Kier alpha value is -2.14. The zero-order valence-corrected chi connectivity index (χ0v) is 15.1. The van der Waals surface area contributed by atoms with Gasteiger partial charge < -0.3 is 4.52 Å². The van der Waals surface area contributed by atoms with Gasteiger partial charge in [0.1, 0.15) is 0 Å². The van der Waals surface area contributed by atoms with E-state index in [1.54, 1.807) is 0 Å². The molecule has 1 saturated heterocycles. The maximum absolute atomic E-state index is 12.3. The van der Waals surface area contributed by atoms with E-state index in [-0.39, 0.29) is 5.91 Å². The second kappa shape index (κ2) is 8.30. The van der Waals surface area contributed by atoms with E-state index in [2.05, 4.69) is 39.6 Å². The highest BCUT2D eigenvalue weighted by Crippen LogP contribution is 2.24. The number of benzene rings is 1. The summed E-state index contributed by atoms with van der Waals surface area (Å²) in [6.07, 6.45) is 3.50. The van der Waals surface area contributed by atoms with Crippen molar-refractivity contribution in [3.63, 3.8) is 0 Å². The van der Waals surface area contributed by atoms with Crippen LogP contribution in [0.1, 0.15) is 43.0 Å². The van der Waals surface area contributed by atoms with Gasteiger partial charge in [0.05, 0.1) is 5.69 Å². The molecule has 1 N–H and O–H groups in total. The van der Waals surface area contributed by atoms with E-state index >= 15 is 0 Å². The number of carbonyl (C=O) groups excluding carboxylic acids is 1. The minimum Gasteiger partial charge on any atom is -0.338 e. The Labute approximate surface area is 149 Å². The zero-order valence-electron chi connectivity index (χ0n) is 15.1. The summed E-state index contributed by atoms with van der Waals surface area (Å²) >= 11 is 0. The Morgan fingerprint density at radius 1 is 1.28 bits per heavy atom. The van der Waals surface area contributed by atoms with Crippen LogP contribution in [0.15, 0.2) is 34.9 Å². The predicted octanol–water partition coefficient (Wildman–Crippen LogP) is 3.79. The number of hydrogen-bond acceptors (Lipinski definition) is 4. The number of aromatic nitrogens is 1. The third-order valence-electron chi connectivity index (χ3n) is 5.02.